The van der Waals surface area contributed by atoms with Crippen LogP contribution in [0.2, 0.25) is 5.02 Å². The van der Waals surface area contributed by atoms with Gasteiger partial charge in [-0.3, -0.25) is 4.79 Å². The first-order valence-corrected chi connectivity index (χ1v) is 7.54. The van der Waals surface area contributed by atoms with Crippen molar-refractivity contribution < 1.29 is 9.90 Å². The quantitative estimate of drug-likeness (QED) is 0.916. The highest BCUT2D eigenvalue weighted by Gasteiger charge is 2.28. The van der Waals surface area contributed by atoms with Gasteiger partial charge in [0.2, 0.25) is 0 Å². The minimum Gasteiger partial charge on any atom is -0.396 e. The number of aliphatic hydroxyl groups excluding tert-OH is 1. The van der Waals surface area contributed by atoms with Crippen molar-refractivity contribution >= 4 is 28.4 Å². The van der Waals surface area contributed by atoms with Crippen LogP contribution in [-0.4, -0.2) is 28.6 Å². The predicted molar refractivity (Wildman–Crippen MR) is 82.4 cm³/mol. The van der Waals surface area contributed by atoms with Crippen LogP contribution in [0.25, 0.3) is 10.9 Å². The van der Waals surface area contributed by atoms with Crippen molar-refractivity contribution in [2.45, 2.75) is 25.3 Å². The van der Waals surface area contributed by atoms with Crippen LogP contribution in [0, 0.1) is 5.92 Å². The van der Waals surface area contributed by atoms with E-state index < -0.39 is 0 Å². The van der Waals surface area contributed by atoms with Gasteiger partial charge in [-0.25, -0.2) is 4.98 Å². The average Bonchev–Trinajstić information content (AvgIpc) is 2.94. The maximum atomic E-state index is 12.3. The number of carbonyl (C=O) groups is 1. The molecule has 3 rings (SSSR count). The molecule has 0 spiro atoms. The van der Waals surface area contributed by atoms with E-state index in [9.17, 15) is 9.90 Å². The van der Waals surface area contributed by atoms with Gasteiger partial charge in [-0.05, 0) is 25.0 Å². The van der Waals surface area contributed by atoms with Crippen LogP contribution in [0.15, 0.2) is 30.3 Å². The number of fused-ring (bicyclic) bond motifs is 1. The molecule has 0 bridgehead atoms. The molecular formula is C16H17ClN2O2. The maximum absolute atomic E-state index is 12.3. The van der Waals surface area contributed by atoms with E-state index >= 15 is 0 Å². The van der Waals surface area contributed by atoms with Crippen LogP contribution in [0.1, 0.15) is 29.8 Å². The molecule has 0 radical (unpaired) electrons. The second-order valence-electron chi connectivity index (χ2n) is 5.46. The first kappa shape index (κ1) is 14.3. The lowest BCUT2D eigenvalue weighted by Crippen LogP contribution is -2.38. The molecule has 110 valence electrons. The van der Waals surface area contributed by atoms with Crippen LogP contribution in [-0.2, 0) is 0 Å². The second kappa shape index (κ2) is 6.00. The lowest BCUT2D eigenvalue weighted by Gasteiger charge is -2.18. The topological polar surface area (TPSA) is 62.2 Å². The summed E-state index contributed by atoms with van der Waals surface area (Å²) in [4.78, 5) is 16.7. The highest BCUT2D eigenvalue weighted by atomic mass is 35.5. The number of nitrogens with one attached hydrogen (secondary N) is 1. The molecular weight excluding hydrogens is 288 g/mol. The van der Waals surface area contributed by atoms with E-state index in [4.69, 9.17) is 11.6 Å². The Morgan fingerprint density at radius 2 is 2.19 bits per heavy atom. The number of rotatable bonds is 3. The SMILES string of the molecule is O=C(NC1CCCC1CO)c1cc(Cl)c2ccccc2n1. The van der Waals surface area contributed by atoms with Gasteiger partial charge in [-0.1, -0.05) is 36.2 Å². The monoisotopic (exact) mass is 304 g/mol. The molecule has 1 aromatic carbocycles. The molecule has 1 aliphatic carbocycles. The van der Waals surface area contributed by atoms with Crippen LogP contribution in [0.4, 0.5) is 0 Å². The Bertz CT molecular complexity index is 674. The summed E-state index contributed by atoms with van der Waals surface area (Å²) in [6.07, 6.45) is 2.88. The van der Waals surface area contributed by atoms with Crippen molar-refractivity contribution in [3.8, 4) is 0 Å². The number of pyridine rings is 1. The van der Waals surface area contributed by atoms with E-state index in [0.29, 0.717) is 16.2 Å². The molecule has 1 saturated carbocycles. The molecule has 21 heavy (non-hydrogen) atoms. The molecule has 1 fully saturated rings. The standard InChI is InChI=1S/C16H17ClN2O2/c17-12-8-15(18-14-6-2-1-5-11(12)14)16(21)19-13-7-3-4-10(13)9-20/h1-2,5-6,8,10,13,20H,3-4,7,9H2,(H,19,21). The summed E-state index contributed by atoms with van der Waals surface area (Å²) in [5.41, 5.74) is 1.03. The molecule has 0 saturated heterocycles. The summed E-state index contributed by atoms with van der Waals surface area (Å²) < 4.78 is 0. The molecule has 4 nitrogen and oxygen atoms in total. The summed E-state index contributed by atoms with van der Waals surface area (Å²) >= 11 is 6.22. The molecule has 2 atom stereocenters. The number of hydrogen-bond acceptors (Lipinski definition) is 3. The van der Waals surface area contributed by atoms with Crippen LogP contribution in [0.5, 0.6) is 0 Å². The number of hydrogen-bond donors (Lipinski definition) is 2. The van der Waals surface area contributed by atoms with Gasteiger partial charge in [0.05, 0.1) is 10.5 Å². The van der Waals surface area contributed by atoms with Gasteiger partial charge in [-0.15, -0.1) is 0 Å². The number of amides is 1. The van der Waals surface area contributed by atoms with Gasteiger partial charge in [0.15, 0.2) is 0 Å². The van der Waals surface area contributed by atoms with Gasteiger partial charge < -0.3 is 10.4 Å². The fraction of sp³-hybridized carbons (Fsp3) is 0.375. The van der Waals surface area contributed by atoms with E-state index in [1.54, 1.807) is 6.07 Å². The van der Waals surface area contributed by atoms with Crippen molar-refractivity contribution in [2.75, 3.05) is 6.61 Å². The number of nitrogens with zero attached hydrogens (tertiary/aromatic N) is 1. The summed E-state index contributed by atoms with van der Waals surface area (Å²) in [5.74, 6) is -0.0853. The van der Waals surface area contributed by atoms with Crippen LogP contribution in [0.3, 0.4) is 0 Å². The van der Waals surface area contributed by atoms with Crippen molar-refractivity contribution in [1.29, 1.82) is 0 Å². The molecule has 1 amide bonds. The Morgan fingerprint density at radius 3 is 3.00 bits per heavy atom. The summed E-state index contributed by atoms with van der Waals surface area (Å²) in [7, 11) is 0. The van der Waals surface area contributed by atoms with E-state index in [1.165, 1.54) is 0 Å². The lowest BCUT2D eigenvalue weighted by molar-refractivity contribution is 0.0911. The van der Waals surface area contributed by atoms with E-state index in [1.807, 2.05) is 24.3 Å². The van der Waals surface area contributed by atoms with Gasteiger partial charge >= 0.3 is 0 Å². The molecule has 2 N–H and O–H groups in total. The average molecular weight is 305 g/mol. The summed E-state index contributed by atoms with van der Waals surface area (Å²) in [6.45, 7) is 0.108. The Labute approximate surface area is 128 Å². The number of aliphatic hydroxyl groups is 1. The first-order chi connectivity index (χ1) is 10.2. The normalized spacial score (nSPS) is 21.6. The smallest absolute Gasteiger partial charge is 0.270 e. The molecule has 2 aromatic rings. The van der Waals surface area contributed by atoms with Crippen molar-refractivity contribution in [1.82, 2.24) is 10.3 Å². The number of para-hydroxylation sites is 1. The molecule has 1 aliphatic rings. The largest absolute Gasteiger partial charge is 0.396 e. The Kier molecular flexibility index (Phi) is 4.08. The minimum absolute atomic E-state index is 0.0227. The number of halogens is 1. The number of benzene rings is 1. The van der Waals surface area contributed by atoms with Gasteiger partial charge in [0, 0.05) is 24.0 Å². The first-order valence-electron chi connectivity index (χ1n) is 7.16. The third kappa shape index (κ3) is 2.87. The van der Waals surface area contributed by atoms with Gasteiger partial charge in [-0.2, -0.15) is 0 Å². The zero-order chi connectivity index (χ0) is 14.8. The van der Waals surface area contributed by atoms with E-state index in [2.05, 4.69) is 10.3 Å². The Balaban J connectivity index is 1.84. The second-order valence-corrected chi connectivity index (χ2v) is 5.87. The molecule has 1 heterocycles. The van der Waals surface area contributed by atoms with Crippen LogP contribution >= 0.6 is 11.6 Å². The fourth-order valence-corrected chi connectivity index (χ4v) is 3.20. The van der Waals surface area contributed by atoms with E-state index in [0.717, 1.165) is 24.6 Å². The maximum Gasteiger partial charge on any atom is 0.270 e. The van der Waals surface area contributed by atoms with Gasteiger partial charge in [0.1, 0.15) is 5.69 Å². The molecule has 1 aromatic heterocycles. The summed E-state index contributed by atoms with van der Waals surface area (Å²) in [5, 5.41) is 13.6. The fourth-order valence-electron chi connectivity index (χ4n) is 2.94. The molecule has 5 heteroatoms. The van der Waals surface area contributed by atoms with Crippen molar-refractivity contribution in [3.63, 3.8) is 0 Å². The zero-order valence-corrected chi connectivity index (χ0v) is 12.3. The number of carbonyl (C=O) groups excluding carboxylic acids is 1. The third-order valence-electron chi connectivity index (χ3n) is 4.11. The lowest BCUT2D eigenvalue weighted by atomic mass is 10.0. The molecule has 0 aliphatic heterocycles. The predicted octanol–water partition coefficient (Wildman–Crippen LogP) is 2.78. The van der Waals surface area contributed by atoms with Crippen molar-refractivity contribution in [2.24, 2.45) is 5.92 Å². The summed E-state index contributed by atoms with van der Waals surface area (Å²) in [6, 6.07) is 9.10. The number of aromatic nitrogens is 1. The zero-order valence-electron chi connectivity index (χ0n) is 11.6. The Morgan fingerprint density at radius 1 is 1.38 bits per heavy atom. The van der Waals surface area contributed by atoms with E-state index in [-0.39, 0.29) is 24.5 Å². The van der Waals surface area contributed by atoms with Gasteiger partial charge in [0.25, 0.3) is 5.91 Å². The highest BCUT2D eigenvalue weighted by molar-refractivity contribution is 6.35. The Hall–Kier alpha value is -1.65. The molecule has 2 unspecified atom stereocenters. The minimum atomic E-state index is -0.229. The third-order valence-corrected chi connectivity index (χ3v) is 4.42. The van der Waals surface area contributed by atoms with Crippen LogP contribution < -0.4 is 5.32 Å². The highest BCUT2D eigenvalue weighted by Crippen LogP contribution is 2.26. The van der Waals surface area contributed by atoms with Crippen molar-refractivity contribution in [3.05, 3.63) is 41.0 Å².